The molecule has 0 bridgehead atoms. The lowest BCUT2D eigenvalue weighted by atomic mass is 10.0. The second-order valence-corrected chi connectivity index (χ2v) is 4.58. The molecule has 2 aromatic carbocycles. The first kappa shape index (κ1) is 13.8. The molecule has 1 unspecified atom stereocenters. The van der Waals surface area contributed by atoms with Crippen molar-refractivity contribution in [1.29, 1.82) is 0 Å². The van der Waals surface area contributed by atoms with Crippen molar-refractivity contribution in [2.45, 2.75) is 19.4 Å². The Morgan fingerprint density at radius 2 is 1.89 bits per heavy atom. The number of hydrogen-bond acceptors (Lipinski definition) is 3. The third-order valence-electron chi connectivity index (χ3n) is 3.10. The molecule has 3 nitrogen and oxygen atoms in total. The molecule has 0 heterocycles. The van der Waals surface area contributed by atoms with Crippen molar-refractivity contribution in [3.63, 3.8) is 0 Å². The molecule has 19 heavy (non-hydrogen) atoms. The Morgan fingerprint density at radius 3 is 2.63 bits per heavy atom. The first-order valence-electron chi connectivity index (χ1n) is 6.55. The van der Waals surface area contributed by atoms with Gasteiger partial charge in [-0.2, -0.15) is 0 Å². The van der Waals surface area contributed by atoms with Gasteiger partial charge in [0.1, 0.15) is 5.75 Å². The largest absolute Gasteiger partial charge is 0.492 e. The summed E-state index contributed by atoms with van der Waals surface area (Å²) in [5, 5.41) is 12.0. The Labute approximate surface area is 113 Å². The van der Waals surface area contributed by atoms with E-state index in [1.165, 1.54) is 0 Å². The monoisotopic (exact) mass is 260 g/mol. The minimum atomic E-state index is -0.540. The van der Waals surface area contributed by atoms with Crippen LogP contribution in [0.4, 0.5) is 0 Å². The van der Waals surface area contributed by atoms with E-state index >= 15 is 0 Å². The molecule has 1 N–H and O–H groups in total. The first-order chi connectivity index (χ1) is 9.24. The summed E-state index contributed by atoms with van der Waals surface area (Å²) < 4.78 is 10.9. The van der Waals surface area contributed by atoms with Gasteiger partial charge in [-0.3, -0.25) is 0 Å². The van der Waals surface area contributed by atoms with Crippen molar-refractivity contribution >= 4 is 10.8 Å². The Hall–Kier alpha value is -1.58. The molecule has 0 saturated heterocycles. The number of ether oxygens (including phenoxy) is 2. The highest BCUT2D eigenvalue weighted by Gasteiger charge is 2.12. The standard InChI is InChI=1S/C16H20O3/c1-12(17)14-9-8-13-6-3-4-7-15(13)16(14)19-11-5-10-18-2/h3-4,6-9,12,17H,5,10-11H2,1-2H3. The molecular weight excluding hydrogens is 240 g/mol. The molecule has 0 aliphatic rings. The fourth-order valence-electron chi connectivity index (χ4n) is 2.13. The van der Waals surface area contributed by atoms with Gasteiger partial charge < -0.3 is 14.6 Å². The molecule has 0 aliphatic heterocycles. The van der Waals surface area contributed by atoms with Crippen LogP contribution in [0.15, 0.2) is 36.4 Å². The number of fused-ring (bicyclic) bond motifs is 1. The van der Waals surface area contributed by atoms with E-state index in [-0.39, 0.29) is 0 Å². The second-order valence-electron chi connectivity index (χ2n) is 4.58. The summed E-state index contributed by atoms with van der Waals surface area (Å²) in [5.74, 6) is 0.782. The van der Waals surface area contributed by atoms with Crippen LogP contribution in [-0.2, 0) is 4.74 Å². The summed E-state index contributed by atoms with van der Waals surface area (Å²) >= 11 is 0. The van der Waals surface area contributed by atoms with E-state index in [1.54, 1.807) is 14.0 Å². The van der Waals surface area contributed by atoms with Gasteiger partial charge in [0.05, 0.1) is 12.7 Å². The molecule has 0 fully saturated rings. The summed E-state index contributed by atoms with van der Waals surface area (Å²) in [6.45, 7) is 3.02. The number of hydrogen-bond donors (Lipinski definition) is 1. The fraction of sp³-hybridized carbons (Fsp3) is 0.375. The average molecular weight is 260 g/mol. The minimum absolute atomic E-state index is 0.540. The van der Waals surface area contributed by atoms with Crippen LogP contribution in [0.3, 0.4) is 0 Å². The molecule has 102 valence electrons. The average Bonchev–Trinajstić information content (AvgIpc) is 2.43. The van der Waals surface area contributed by atoms with Crippen molar-refractivity contribution in [3.05, 3.63) is 42.0 Å². The summed E-state index contributed by atoms with van der Waals surface area (Å²) in [7, 11) is 1.68. The zero-order chi connectivity index (χ0) is 13.7. The van der Waals surface area contributed by atoms with Crippen LogP contribution < -0.4 is 4.74 Å². The molecule has 0 aliphatic carbocycles. The fourth-order valence-corrected chi connectivity index (χ4v) is 2.13. The van der Waals surface area contributed by atoms with E-state index < -0.39 is 6.10 Å². The number of benzene rings is 2. The molecular formula is C16H20O3. The van der Waals surface area contributed by atoms with E-state index in [2.05, 4.69) is 0 Å². The van der Waals surface area contributed by atoms with Gasteiger partial charge in [0.15, 0.2) is 0 Å². The highest BCUT2D eigenvalue weighted by atomic mass is 16.5. The van der Waals surface area contributed by atoms with Gasteiger partial charge in [0.25, 0.3) is 0 Å². The summed E-state index contributed by atoms with van der Waals surface area (Å²) in [5.41, 5.74) is 0.830. The van der Waals surface area contributed by atoms with E-state index in [0.29, 0.717) is 13.2 Å². The van der Waals surface area contributed by atoms with Gasteiger partial charge >= 0.3 is 0 Å². The predicted molar refractivity (Wildman–Crippen MR) is 76.6 cm³/mol. The van der Waals surface area contributed by atoms with E-state index in [4.69, 9.17) is 9.47 Å². The first-order valence-corrected chi connectivity index (χ1v) is 6.55. The van der Waals surface area contributed by atoms with Crippen LogP contribution in [0.2, 0.25) is 0 Å². The predicted octanol–water partition coefficient (Wildman–Crippen LogP) is 3.31. The number of rotatable bonds is 6. The van der Waals surface area contributed by atoms with E-state index in [9.17, 15) is 5.11 Å². The quantitative estimate of drug-likeness (QED) is 0.810. The molecule has 0 radical (unpaired) electrons. The molecule has 0 spiro atoms. The zero-order valence-electron chi connectivity index (χ0n) is 11.4. The van der Waals surface area contributed by atoms with Crippen molar-refractivity contribution in [2.24, 2.45) is 0 Å². The SMILES string of the molecule is COCCCOc1c(C(C)O)ccc2ccccc12. The molecule has 0 saturated carbocycles. The summed E-state index contributed by atoms with van der Waals surface area (Å²) in [4.78, 5) is 0. The van der Waals surface area contributed by atoms with Crippen molar-refractivity contribution in [2.75, 3.05) is 20.3 Å². The van der Waals surface area contributed by atoms with Gasteiger partial charge in [-0.1, -0.05) is 36.4 Å². The maximum Gasteiger partial charge on any atom is 0.132 e. The maximum atomic E-state index is 9.86. The number of aliphatic hydroxyl groups is 1. The molecule has 0 aromatic heterocycles. The van der Waals surface area contributed by atoms with Crippen molar-refractivity contribution in [1.82, 2.24) is 0 Å². The lowest BCUT2D eigenvalue weighted by Gasteiger charge is -2.16. The summed E-state index contributed by atoms with van der Waals surface area (Å²) in [6.07, 6.45) is 0.293. The van der Waals surface area contributed by atoms with Gasteiger partial charge in [0.2, 0.25) is 0 Å². The van der Waals surface area contributed by atoms with Crippen LogP contribution in [0.1, 0.15) is 25.0 Å². The highest BCUT2D eigenvalue weighted by molar-refractivity contribution is 5.89. The van der Waals surface area contributed by atoms with Gasteiger partial charge in [-0.15, -0.1) is 0 Å². The van der Waals surface area contributed by atoms with E-state index in [1.807, 2.05) is 36.4 Å². The molecule has 0 amide bonds. The van der Waals surface area contributed by atoms with Crippen LogP contribution >= 0.6 is 0 Å². The van der Waals surface area contributed by atoms with Gasteiger partial charge in [-0.05, 0) is 12.3 Å². The molecule has 3 heteroatoms. The van der Waals surface area contributed by atoms with Crippen molar-refractivity contribution in [3.8, 4) is 5.75 Å². The summed E-state index contributed by atoms with van der Waals surface area (Å²) in [6, 6.07) is 12.0. The van der Waals surface area contributed by atoms with Crippen LogP contribution in [0, 0.1) is 0 Å². The Morgan fingerprint density at radius 1 is 1.11 bits per heavy atom. The molecule has 1 atom stereocenters. The third kappa shape index (κ3) is 3.25. The molecule has 2 rings (SSSR count). The number of methoxy groups -OCH3 is 1. The Bertz CT molecular complexity index is 535. The third-order valence-corrected chi connectivity index (χ3v) is 3.10. The maximum absolute atomic E-state index is 9.86. The van der Waals surface area contributed by atoms with Crippen LogP contribution in [-0.4, -0.2) is 25.4 Å². The lowest BCUT2D eigenvalue weighted by Crippen LogP contribution is -2.05. The zero-order valence-corrected chi connectivity index (χ0v) is 11.4. The van der Waals surface area contributed by atoms with Crippen molar-refractivity contribution < 1.29 is 14.6 Å². The van der Waals surface area contributed by atoms with Gasteiger partial charge in [-0.25, -0.2) is 0 Å². The van der Waals surface area contributed by atoms with Gasteiger partial charge in [0, 0.05) is 31.1 Å². The minimum Gasteiger partial charge on any atom is -0.492 e. The van der Waals surface area contributed by atoms with E-state index in [0.717, 1.165) is 28.5 Å². The lowest BCUT2D eigenvalue weighted by molar-refractivity contribution is 0.167. The molecule has 2 aromatic rings. The normalized spacial score (nSPS) is 12.6. The smallest absolute Gasteiger partial charge is 0.132 e. The number of aliphatic hydroxyl groups excluding tert-OH is 1. The Kier molecular flexibility index (Phi) is 4.77. The second kappa shape index (κ2) is 6.55. The van der Waals surface area contributed by atoms with Crippen LogP contribution in [0.25, 0.3) is 10.8 Å². The topological polar surface area (TPSA) is 38.7 Å². The van der Waals surface area contributed by atoms with Crippen LogP contribution in [0.5, 0.6) is 5.75 Å². The highest BCUT2D eigenvalue weighted by Crippen LogP contribution is 2.33. The Balaban J connectivity index is 2.33.